The predicted octanol–water partition coefficient (Wildman–Crippen LogP) is 3.30. The second-order valence-corrected chi connectivity index (χ2v) is 7.49. The van der Waals surface area contributed by atoms with Crippen molar-refractivity contribution in [1.29, 1.82) is 0 Å². The van der Waals surface area contributed by atoms with Gasteiger partial charge in [0.2, 0.25) is 5.43 Å². The van der Waals surface area contributed by atoms with Crippen LogP contribution in [0.5, 0.6) is 5.75 Å². The minimum absolute atomic E-state index is 0.0323. The molecule has 0 amide bonds. The maximum absolute atomic E-state index is 12.2. The first-order valence-electron chi connectivity index (χ1n) is 9.88. The van der Waals surface area contributed by atoms with Crippen molar-refractivity contribution in [3.63, 3.8) is 0 Å². The fourth-order valence-corrected chi connectivity index (χ4v) is 4.47. The summed E-state index contributed by atoms with van der Waals surface area (Å²) in [6, 6.07) is 21.7. The average Bonchev–Trinajstić information content (AvgIpc) is 3.20. The Kier molecular flexibility index (Phi) is 4.48. The standard InChI is InChI=1S/C24H21N3O3/c28-15-18-13-25-24-22-23(30)20(29)11-12-26(22)19(14-27(18)24)21(16-7-3-1-4-8-16)17-9-5-2-6-10-17/h1-13,19,21,28,30H,14-15H2/t19-/m1/s1. The third-order valence-electron chi connectivity index (χ3n) is 5.84. The zero-order valence-electron chi connectivity index (χ0n) is 16.2. The van der Waals surface area contributed by atoms with Crippen LogP contribution in [0.1, 0.15) is 28.8 Å². The molecule has 1 atom stereocenters. The van der Waals surface area contributed by atoms with Gasteiger partial charge in [-0.1, -0.05) is 60.7 Å². The van der Waals surface area contributed by atoms with Crippen LogP contribution < -0.4 is 5.43 Å². The van der Waals surface area contributed by atoms with Crippen LogP contribution in [0.15, 0.2) is 83.9 Å². The Morgan fingerprint density at radius 2 is 1.63 bits per heavy atom. The summed E-state index contributed by atoms with van der Waals surface area (Å²) < 4.78 is 3.85. The molecule has 2 aromatic heterocycles. The lowest BCUT2D eigenvalue weighted by molar-refractivity contribution is 0.263. The molecule has 1 aliphatic rings. The summed E-state index contributed by atoms with van der Waals surface area (Å²) in [6.07, 6.45) is 3.33. The van der Waals surface area contributed by atoms with Gasteiger partial charge in [0.15, 0.2) is 11.6 Å². The highest BCUT2D eigenvalue weighted by Gasteiger charge is 2.35. The van der Waals surface area contributed by atoms with Crippen LogP contribution in [0.4, 0.5) is 0 Å². The SMILES string of the molecule is O=c1ccn2c(c1O)-c1ncc(CO)n1C[C@@H]2C(c1ccccc1)c1ccccc1. The molecule has 0 aliphatic carbocycles. The van der Waals surface area contributed by atoms with E-state index in [1.807, 2.05) is 45.5 Å². The number of hydrogen-bond acceptors (Lipinski definition) is 4. The number of imidazole rings is 1. The quantitative estimate of drug-likeness (QED) is 0.552. The van der Waals surface area contributed by atoms with Crippen LogP contribution in [0.25, 0.3) is 11.5 Å². The smallest absolute Gasteiger partial charge is 0.223 e. The van der Waals surface area contributed by atoms with Crippen LogP contribution in [-0.4, -0.2) is 24.3 Å². The van der Waals surface area contributed by atoms with E-state index in [1.165, 1.54) is 6.07 Å². The highest BCUT2D eigenvalue weighted by Crippen LogP contribution is 2.43. The zero-order valence-corrected chi connectivity index (χ0v) is 16.2. The molecule has 0 spiro atoms. The minimum atomic E-state index is -0.446. The van der Waals surface area contributed by atoms with E-state index >= 15 is 0 Å². The highest BCUT2D eigenvalue weighted by atomic mass is 16.3. The first-order chi connectivity index (χ1) is 14.7. The number of nitrogens with zero attached hydrogens (tertiary/aromatic N) is 3. The molecule has 0 bridgehead atoms. The summed E-state index contributed by atoms with van der Waals surface area (Å²) in [7, 11) is 0. The maximum Gasteiger partial charge on any atom is 0.223 e. The Hall–Kier alpha value is -3.64. The van der Waals surface area contributed by atoms with E-state index in [4.69, 9.17) is 0 Å². The molecule has 0 radical (unpaired) electrons. The van der Waals surface area contributed by atoms with E-state index in [-0.39, 0.29) is 24.3 Å². The third kappa shape index (κ3) is 2.84. The minimum Gasteiger partial charge on any atom is -0.503 e. The Morgan fingerprint density at radius 1 is 1.00 bits per heavy atom. The van der Waals surface area contributed by atoms with E-state index in [0.29, 0.717) is 23.8 Å². The van der Waals surface area contributed by atoms with Crippen molar-refractivity contribution in [3.8, 4) is 17.3 Å². The van der Waals surface area contributed by atoms with Crippen molar-refractivity contribution >= 4 is 0 Å². The van der Waals surface area contributed by atoms with Crippen LogP contribution in [0, 0.1) is 0 Å². The molecule has 6 heteroatoms. The predicted molar refractivity (Wildman–Crippen MR) is 113 cm³/mol. The van der Waals surface area contributed by atoms with E-state index in [1.54, 1.807) is 12.4 Å². The van der Waals surface area contributed by atoms with Gasteiger partial charge in [-0.3, -0.25) is 4.79 Å². The largest absolute Gasteiger partial charge is 0.503 e. The van der Waals surface area contributed by atoms with Crippen molar-refractivity contribution < 1.29 is 10.2 Å². The molecule has 30 heavy (non-hydrogen) atoms. The Bertz CT molecular complexity index is 1210. The monoisotopic (exact) mass is 399 g/mol. The topological polar surface area (TPSA) is 80.3 Å². The highest BCUT2D eigenvalue weighted by molar-refractivity contribution is 5.62. The molecular formula is C24H21N3O3. The molecule has 4 aromatic rings. The molecule has 3 heterocycles. The third-order valence-corrected chi connectivity index (χ3v) is 5.84. The van der Waals surface area contributed by atoms with Crippen molar-refractivity contribution in [2.24, 2.45) is 0 Å². The molecule has 6 nitrogen and oxygen atoms in total. The fraction of sp³-hybridized carbons (Fsp3) is 0.167. The fourth-order valence-electron chi connectivity index (χ4n) is 4.47. The molecule has 0 fully saturated rings. The van der Waals surface area contributed by atoms with E-state index in [9.17, 15) is 15.0 Å². The number of hydrogen-bond donors (Lipinski definition) is 2. The number of rotatable bonds is 4. The van der Waals surface area contributed by atoms with Gasteiger partial charge in [-0.15, -0.1) is 0 Å². The van der Waals surface area contributed by atoms with Gasteiger partial charge in [-0.05, 0) is 11.1 Å². The number of fused-ring (bicyclic) bond motifs is 3. The van der Waals surface area contributed by atoms with Crippen LogP contribution in [-0.2, 0) is 13.2 Å². The van der Waals surface area contributed by atoms with E-state index in [0.717, 1.165) is 11.1 Å². The number of aromatic nitrogens is 3. The second kappa shape index (κ2) is 7.31. The van der Waals surface area contributed by atoms with Crippen LogP contribution >= 0.6 is 0 Å². The molecule has 1 aliphatic heterocycles. The molecule has 0 unspecified atom stereocenters. The number of aromatic hydroxyl groups is 1. The van der Waals surface area contributed by atoms with Gasteiger partial charge >= 0.3 is 0 Å². The molecule has 5 rings (SSSR count). The number of aliphatic hydroxyl groups excluding tert-OH is 1. The van der Waals surface area contributed by atoms with Gasteiger partial charge in [0.25, 0.3) is 0 Å². The second-order valence-electron chi connectivity index (χ2n) is 7.49. The summed E-state index contributed by atoms with van der Waals surface area (Å²) in [4.78, 5) is 16.6. The lowest BCUT2D eigenvalue weighted by Gasteiger charge is -2.36. The Balaban J connectivity index is 1.77. The van der Waals surface area contributed by atoms with Crippen molar-refractivity contribution in [3.05, 3.63) is 106 Å². The van der Waals surface area contributed by atoms with Gasteiger partial charge in [0.05, 0.1) is 24.5 Å². The van der Waals surface area contributed by atoms with E-state index in [2.05, 4.69) is 29.2 Å². The molecule has 0 saturated heterocycles. The summed E-state index contributed by atoms with van der Waals surface area (Å²) in [5, 5.41) is 20.5. The zero-order chi connectivity index (χ0) is 20.7. The number of aliphatic hydroxyl groups is 1. The maximum atomic E-state index is 12.2. The van der Waals surface area contributed by atoms with Crippen molar-refractivity contribution in [2.45, 2.75) is 25.1 Å². The lowest BCUT2D eigenvalue weighted by Crippen LogP contribution is -2.31. The van der Waals surface area contributed by atoms with Crippen LogP contribution in [0.3, 0.4) is 0 Å². The molecule has 2 N–H and O–H groups in total. The molecule has 2 aromatic carbocycles. The molecular weight excluding hydrogens is 378 g/mol. The van der Waals surface area contributed by atoms with Gasteiger partial charge in [-0.2, -0.15) is 0 Å². The van der Waals surface area contributed by atoms with Gasteiger partial charge in [0, 0.05) is 24.7 Å². The summed E-state index contributed by atoms with van der Waals surface area (Å²) >= 11 is 0. The summed E-state index contributed by atoms with van der Waals surface area (Å²) in [5.41, 5.74) is 2.85. The van der Waals surface area contributed by atoms with E-state index < -0.39 is 5.43 Å². The first kappa shape index (κ1) is 18.4. The average molecular weight is 399 g/mol. The van der Waals surface area contributed by atoms with Gasteiger partial charge in [-0.25, -0.2) is 4.98 Å². The molecule has 150 valence electrons. The summed E-state index contributed by atoms with van der Waals surface area (Å²) in [6.45, 7) is 0.383. The Labute approximate surface area is 173 Å². The van der Waals surface area contributed by atoms with Crippen LogP contribution in [0.2, 0.25) is 0 Å². The van der Waals surface area contributed by atoms with Crippen molar-refractivity contribution in [2.75, 3.05) is 0 Å². The van der Waals surface area contributed by atoms with Gasteiger partial charge < -0.3 is 19.3 Å². The Morgan fingerprint density at radius 3 is 2.23 bits per heavy atom. The van der Waals surface area contributed by atoms with Gasteiger partial charge in [0.1, 0.15) is 5.69 Å². The number of benzene rings is 2. The number of pyridine rings is 1. The van der Waals surface area contributed by atoms with Crippen molar-refractivity contribution in [1.82, 2.24) is 14.1 Å². The lowest BCUT2D eigenvalue weighted by atomic mass is 9.83. The summed E-state index contributed by atoms with van der Waals surface area (Å²) in [5.74, 6) is 0.138. The molecule has 0 saturated carbocycles. The normalized spacial score (nSPS) is 15.1. The first-order valence-corrected chi connectivity index (χ1v) is 9.88.